The van der Waals surface area contributed by atoms with Gasteiger partial charge in [0.1, 0.15) is 18.6 Å². The van der Waals surface area contributed by atoms with E-state index in [9.17, 15) is 14.4 Å². The van der Waals surface area contributed by atoms with Gasteiger partial charge in [-0.2, -0.15) is 0 Å². The van der Waals surface area contributed by atoms with Gasteiger partial charge in [-0.25, -0.2) is 0 Å². The van der Waals surface area contributed by atoms with Crippen molar-refractivity contribution in [3.63, 3.8) is 0 Å². The molecule has 0 aliphatic heterocycles. The minimum absolute atomic E-state index is 0.160. The molecule has 1 rings (SSSR count). The van der Waals surface area contributed by atoms with Crippen LogP contribution in [0.5, 0.6) is 0 Å². The van der Waals surface area contributed by atoms with Gasteiger partial charge in [-0.1, -0.05) is 30.3 Å². The van der Waals surface area contributed by atoms with Crippen molar-refractivity contribution in [2.24, 2.45) is 0 Å². The molecule has 0 fully saturated rings. The molecule has 0 bridgehead atoms. The topological polar surface area (TPSA) is 106 Å². The first-order chi connectivity index (χ1) is 12.0. The van der Waals surface area contributed by atoms with Gasteiger partial charge in [0.05, 0.1) is 20.3 Å². The first-order valence-electron chi connectivity index (χ1n) is 7.91. The van der Waals surface area contributed by atoms with Crippen LogP contribution in [0.15, 0.2) is 30.3 Å². The minimum Gasteiger partial charge on any atom is -0.468 e. The number of hydrogen-bond acceptors (Lipinski definition) is 6. The Morgan fingerprint density at radius 3 is 2.40 bits per heavy atom. The third kappa shape index (κ3) is 7.77. The Hall–Kier alpha value is -2.45. The van der Waals surface area contributed by atoms with Crippen molar-refractivity contribution in [2.45, 2.75) is 25.6 Å². The number of carbonyl (C=O) groups excluding carboxylic acids is 3. The van der Waals surface area contributed by atoms with Crippen molar-refractivity contribution in [3.8, 4) is 0 Å². The lowest BCUT2D eigenvalue weighted by Crippen LogP contribution is -2.52. The van der Waals surface area contributed by atoms with E-state index in [4.69, 9.17) is 4.74 Å². The molecule has 0 aromatic heterocycles. The molecule has 2 atom stereocenters. The number of methoxy groups -OCH3 is 1. The summed E-state index contributed by atoms with van der Waals surface area (Å²) in [6.07, 6.45) is 0. The number of rotatable bonds is 10. The number of benzene rings is 1. The highest BCUT2D eigenvalue weighted by molar-refractivity contribution is 5.90. The number of esters is 1. The van der Waals surface area contributed by atoms with Crippen LogP contribution in [0.1, 0.15) is 12.5 Å². The lowest BCUT2D eigenvalue weighted by molar-refractivity contribution is -0.141. The van der Waals surface area contributed by atoms with Crippen LogP contribution >= 0.6 is 0 Å². The Balaban J connectivity index is 2.38. The van der Waals surface area contributed by atoms with E-state index in [1.54, 1.807) is 7.05 Å². The van der Waals surface area contributed by atoms with Gasteiger partial charge in [0.2, 0.25) is 11.8 Å². The molecule has 1 aromatic rings. The zero-order valence-electron chi connectivity index (χ0n) is 14.7. The van der Waals surface area contributed by atoms with Crippen LogP contribution in [0, 0.1) is 0 Å². The molecule has 3 N–H and O–H groups in total. The summed E-state index contributed by atoms with van der Waals surface area (Å²) in [7, 11) is 2.87. The van der Waals surface area contributed by atoms with E-state index in [2.05, 4.69) is 20.7 Å². The Bertz CT molecular complexity index is 565. The molecule has 2 amide bonds. The second kappa shape index (κ2) is 11.2. The lowest BCUT2D eigenvalue weighted by atomic mass is 10.2. The molecule has 0 radical (unpaired) electrons. The van der Waals surface area contributed by atoms with Crippen molar-refractivity contribution in [1.82, 2.24) is 16.0 Å². The van der Waals surface area contributed by atoms with Crippen LogP contribution in [0.2, 0.25) is 0 Å². The normalized spacial score (nSPS) is 12.8. The maximum atomic E-state index is 12.2. The molecule has 8 nitrogen and oxygen atoms in total. The molecule has 0 heterocycles. The molecule has 25 heavy (non-hydrogen) atoms. The monoisotopic (exact) mass is 351 g/mol. The number of carbonyl (C=O) groups is 3. The van der Waals surface area contributed by atoms with Crippen molar-refractivity contribution >= 4 is 17.8 Å². The van der Waals surface area contributed by atoms with Gasteiger partial charge in [-0.3, -0.25) is 14.4 Å². The zero-order valence-corrected chi connectivity index (χ0v) is 14.7. The standard InChI is InChI=1S/C17H25N3O5/c1-12(16(22)19-9-15(21)24-3)20-17(23)14(18-2)11-25-10-13-7-5-4-6-8-13/h4-8,12,14,18H,9-11H2,1-3H3,(H,19,22)(H,20,23)/t12-,14-/m1/s1. The van der Waals surface area contributed by atoms with Crippen LogP contribution in [-0.2, 0) is 30.5 Å². The number of likely N-dealkylation sites (N-methyl/N-ethyl adjacent to an activating group) is 1. The van der Waals surface area contributed by atoms with E-state index in [1.165, 1.54) is 14.0 Å². The fraction of sp³-hybridized carbons (Fsp3) is 0.471. The predicted molar refractivity (Wildman–Crippen MR) is 91.6 cm³/mol. The van der Waals surface area contributed by atoms with E-state index in [-0.39, 0.29) is 19.1 Å². The SMILES string of the molecule is CN[C@H](COCc1ccccc1)C(=O)N[C@H](C)C(=O)NCC(=O)OC. The predicted octanol–water partition coefficient (Wildman–Crippen LogP) is -0.415. The Morgan fingerprint density at radius 2 is 1.80 bits per heavy atom. The highest BCUT2D eigenvalue weighted by Crippen LogP contribution is 2.01. The highest BCUT2D eigenvalue weighted by Gasteiger charge is 2.22. The average molecular weight is 351 g/mol. The molecule has 138 valence electrons. The second-order valence-corrected chi connectivity index (χ2v) is 5.37. The summed E-state index contributed by atoms with van der Waals surface area (Å²) in [6, 6.07) is 8.22. The molecule has 0 aliphatic carbocycles. The number of amides is 2. The molecule has 0 unspecified atom stereocenters. The van der Waals surface area contributed by atoms with Crippen LogP contribution in [0.4, 0.5) is 0 Å². The zero-order chi connectivity index (χ0) is 18.7. The van der Waals surface area contributed by atoms with Crippen LogP contribution in [0.3, 0.4) is 0 Å². The molecule has 0 saturated carbocycles. The summed E-state index contributed by atoms with van der Waals surface area (Å²) in [5.74, 6) is -1.40. The second-order valence-electron chi connectivity index (χ2n) is 5.37. The van der Waals surface area contributed by atoms with E-state index in [0.717, 1.165) is 5.56 Å². The molecule has 0 spiro atoms. The lowest BCUT2D eigenvalue weighted by Gasteiger charge is -2.19. The Labute approximate surface area is 147 Å². The Kier molecular flexibility index (Phi) is 9.20. The van der Waals surface area contributed by atoms with Gasteiger partial charge in [0.15, 0.2) is 0 Å². The molecule has 8 heteroatoms. The molecule has 0 saturated heterocycles. The van der Waals surface area contributed by atoms with Crippen molar-refractivity contribution < 1.29 is 23.9 Å². The number of hydrogen-bond donors (Lipinski definition) is 3. The summed E-state index contributed by atoms with van der Waals surface area (Å²) in [6.45, 7) is 1.84. The maximum absolute atomic E-state index is 12.2. The van der Waals surface area contributed by atoms with Crippen molar-refractivity contribution in [3.05, 3.63) is 35.9 Å². The van der Waals surface area contributed by atoms with E-state index < -0.39 is 24.0 Å². The van der Waals surface area contributed by atoms with E-state index >= 15 is 0 Å². The van der Waals surface area contributed by atoms with Crippen LogP contribution < -0.4 is 16.0 Å². The Morgan fingerprint density at radius 1 is 1.12 bits per heavy atom. The van der Waals surface area contributed by atoms with Gasteiger partial charge in [0, 0.05) is 0 Å². The van der Waals surface area contributed by atoms with Crippen LogP contribution in [-0.4, -0.2) is 57.2 Å². The summed E-state index contributed by atoms with van der Waals surface area (Å²) in [5, 5.41) is 7.80. The highest BCUT2D eigenvalue weighted by atomic mass is 16.5. The molecule has 0 aliphatic rings. The summed E-state index contributed by atoms with van der Waals surface area (Å²) in [4.78, 5) is 35.0. The first-order valence-corrected chi connectivity index (χ1v) is 7.91. The minimum atomic E-state index is -0.790. The largest absolute Gasteiger partial charge is 0.468 e. The quantitative estimate of drug-likeness (QED) is 0.495. The van der Waals surface area contributed by atoms with Gasteiger partial charge < -0.3 is 25.4 Å². The summed E-state index contributed by atoms with van der Waals surface area (Å²) < 4.78 is 9.97. The molecular weight excluding hydrogens is 326 g/mol. The van der Waals surface area contributed by atoms with E-state index in [0.29, 0.717) is 6.61 Å². The fourth-order valence-corrected chi connectivity index (χ4v) is 1.92. The van der Waals surface area contributed by atoms with Crippen molar-refractivity contribution in [1.29, 1.82) is 0 Å². The maximum Gasteiger partial charge on any atom is 0.325 e. The number of ether oxygens (including phenoxy) is 2. The summed E-state index contributed by atoms with van der Waals surface area (Å²) >= 11 is 0. The smallest absolute Gasteiger partial charge is 0.325 e. The van der Waals surface area contributed by atoms with Crippen LogP contribution in [0.25, 0.3) is 0 Å². The van der Waals surface area contributed by atoms with Gasteiger partial charge in [0.25, 0.3) is 0 Å². The number of nitrogens with one attached hydrogen (secondary N) is 3. The van der Waals surface area contributed by atoms with E-state index in [1.807, 2.05) is 30.3 Å². The van der Waals surface area contributed by atoms with Gasteiger partial charge in [-0.05, 0) is 19.5 Å². The third-order valence-electron chi connectivity index (χ3n) is 3.45. The fourth-order valence-electron chi connectivity index (χ4n) is 1.92. The van der Waals surface area contributed by atoms with Gasteiger partial charge in [-0.15, -0.1) is 0 Å². The van der Waals surface area contributed by atoms with Crippen molar-refractivity contribution in [2.75, 3.05) is 27.3 Å². The average Bonchev–Trinajstić information content (AvgIpc) is 2.63. The van der Waals surface area contributed by atoms with Gasteiger partial charge >= 0.3 is 5.97 Å². The molecular formula is C17H25N3O5. The summed E-state index contributed by atoms with van der Waals surface area (Å²) in [5.41, 5.74) is 1.01. The first kappa shape index (κ1) is 20.6. The molecule has 1 aromatic carbocycles. The third-order valence-corrected chi connectivity index (χ3v) is 3.45.